The van der Waals surface area contributed by atoms with E-state index < -0.39 is 0 Å². The van der Waals surface area contributed by atoms with Gasteiger partial charge < -0.3 is 10.5 Å². The first-order chi connectivity index (χ1) is 8.61. The lowest BCUT2D eigenvalue weighted by Crippen LogP contribution is -2.44. The van der Waals surface area contributed by atoms with Gasteiger partial charge in [-0.3, -0.25) is 4.90 Å². The van der Waals surface area contributed by atoms with Crippen molar-refractivity contribution in [3.8, 4) is 0 Å². The van der Waals surface area contributed by atoms with Gasteiger partial charge in [0.25, 0.3) is 0 Å². The summed E-state index contributed by atoms with van der Waals surface area (Å²) in [6.07, 6.45) is 1.08. The van der Waals surface area contributed by atoms with Crippen LogP contribution in [-0.4, -0.2) is 30.7 Å². The van der Waals surface area contributed by atoms with E-state index in [2.05, 4.69) is 11.8 Å². The molecule has 1 saturated heterocycles. The Balaban J connectivity index is 2.13. The van der Waals surface area contributed by atoms with Gasteiger partial charge in [0.05, 0.1) is 28.9 Å². The summed E-state index contributed by atoms with van der Waals surface area (Å²) in [7, 11) is 0. The highest BCUT2D eigenvalue weighted by molar-refractivity contribution is 6.38. The maximum Gasteiger partial charge on any atom is 0.0693 e. The van der Waals surface area contributed by atoms with Crippen LogP contribution in [0.2, 0.25) is 10.0 Å². The highest BCUT2D eigenvalue weighted by atomic mass is 35.5. The Kier molecular flexibility index (Phi) is 4.73. The first kappa shape index (κ1) is 13.9. The number of halogens is 2. The second kappa shape index (κ2) is 6.11. The molecule has 2 rings (SSSR count). The molecular formula is C13H18Cl2N2O. The summed E-state index contributed by atoms with van der Waals surface area (Å²) in [4.78, 5) is 2.40. The van der Waals surface area contributed by atoms with Gasteiger partial charge in [-0.15, -0.1) is 0 Å². The number of anilines is 1. The van der Waals surface area contributed by atoms with Gasteiger partial charge in [-0.05, 0) is 24.1 Å². The minimum Gasteiger partial charge on any atom is -0.396 e. The fourth-order valence-electron chi connectivity index (χ4n) is 2.24. The third-order valence-electron chi connectivity index (χ3n) is 3.35. The largest absolute Gasteiger partial charge is 0.396 e. The number of ether oxygens (including phenoxy) is 1. The van der Waals surface area contributed by atoms with Crippen molar-refractivity contribution in [1.29, 1.82) is 0 Å². The number of nitrogen functional groups attached to an aromatic ring is 1. The average molecular weight is 289 g/mol. The number of nitrogens with two attached hydrogens (primary N) is 1. The topological polar surface area (TPSA) is 38.5 Å². The molecular weight excluding hydrogens is 271 g/mol. The van der Waals surface area contributed by atoms with Crippen molar-refractivity contribution in [3.05, 3.63) is 27.7 Å². The number of morpholine rings is 1. The number of nitrogens with zero attached hydrogens (tertiary/aromatic N) is 1. The Labute approximate surface area is 118 Å². The minimum absolute atomic E-state index is 0.455. The summed E-state index contributed by atoms with van der Waals surface area (Å²) in [6, 6.07) is 4.25. The van der Waals surface area contributed by atoms with Crippen LogP contribution >= 0.6 is 23.2 Å². The number of hydrogen-bond donors (Lipinski definition) is 1. The summed E-state index contributed by atoms with van der Waals surface area (Å²) >= 11 is 12.1. The predicted octanol–water partition coefficient (Wildman–Crippen LogP) is 3.19. The monoisotopic (exact) mass is 288 g/mol. The molecule has 3 nitrogen and oxygen atoms in total. The van der Waals surface area contributed by atoms with Gasteiger partial charge in [0.15, 0.2) is 0 Å². The van der Waals surface area contributed by atoms with Crippen LogP contribution in [0.3, 0.4) is 0 Å². The van der Waals surface area contributed by atoms with Crippen molar-refractivity contribution < 1.29 is 4.74 Å². The van der Waals surface area contributed by atoms with Crippen molar-refractivity contribution in [2.24, 2.45) is 0 Å². The molecule has 5 heteroatoms. The molecule has 2 N–H and O–H groups in total. The van der Waals surface area contributed by atoms with Crippen molar-refractivity contribution in [1.82, 2.24) is 4.90 Å². The van der Waals surface area contributed by atoms with E-state index in [0.717, 1.165) is 38.3 Å². The minimum atomic E-state index is 0.455. The maximum atomic E-state index is 6.05. The predicted molar refractivity (Wildman–Crippen MR) is 76.2 cm³/mol. The fourth-order valence-corrected chi connectivity index (χ4v) is 2.77. The molecule has 1 aromatic carbocycles. The molecule has 0 radical (unpaired) electrons. The van der Waals surface area contributed by atoms with Gasteiger partial charge in [-0.25, -0.2) is 0 Å². The second-order valence-corrected chi connectivity index (χ2v) is 5.40. The molecule has 0 spiro atoms. The SMILES string of the molecule is CCC1COCCN1Cc1cc(Cl)c(N)c(Cl)c1. The van der Waals surface area contributed by atoms with Gasteiger partial charge in [0, 0.05) is 19.1 Å². The van der Waals surface area contributed by atoms with Crippen molar-refractivity contribution in [2.45, 2.75) is 25.9 Å². The number of hydrogen-bond acceptors (Lipinski definition) is 3. The van der Waals surface area contributed by atoms with Crippen LogP contribution in [0.15, 0.2) is 12.1 Å². The van der Waals surface area contributed by atoms with Gasteiger partial charge in [0.2, 0.25) is 0 Å². The molecule has 0 saturated carbocycles. The zero-order chi connectivity index (χ0) is 13.1. The number of benzene rings is 1. The van der Waals surface area contributed by atoms with Crippen LogP contribution < -0.4 is 5.73 Å². The van der Waals surface area contributed by atoms with Crippen molar-refractivity contribution in [2.75, 3.05) is 25.5 Å². The van der Waals surface area contributed by atoms with Gasteiger partial charge >= 0.3 is 0 Å². The van der Waals surface area contributed by atoms with E-state index >= 15 is 0 Å². The fraction of sp³-hybridized carbons (Fsp3) is 0.538. The lowest BCUT2D eigenvalue weighted by atomic mass is 10.1. The van der Waals surface area contributed by atoms with E-state index in [9.17, 15) is 0 Å². The maximum absolute atomic E-state index is 6.05. The molecule has 1 fully saturated rings. The normalized spacial score (nSPS) is 21.2. The van der Waals surface area contributed by atoms with Gasteiger partial charge in [-0.2, -0.15) is 0 Å². The molecule has 1 aliphatic heterocycles. The lowest BCUT2D eigenvalue weighted by Gasteiger charge is -2.35. The van der Waals surface area contributed by atoms with Crippen LogP contribution in [0.25, 0.3) is 0 Å². The van der Waals surface area contributed by atoms with E-state index in [0.29, 0.717) is 21.8 Å². The third-order valence-corrected chi connectivity index (χ3v) is 3.97. The van der Waals surface area contributed by atoms with Crippen LogP contribution in [-0.2, 0) is 11.3 Å². The molecule has 1 aliphatic rings. The number of rotatable bonds is 3. The summed E-state index contributed by atoms with van der Waals surface area (Å²) in [6.45, 7) is 5.54. The van der Waals surface area contributed by atoms with E-state index in [4.69, 9.17) is 33.7 Å². The Morgan fingerprint density at radius 3 is 2.67 bits per heavy atom. The van der Waals surface area contributed by atoms with Crippen molar-refractivity contribution >= 4 is 28.9 Å². The molecule has 100 valence electrons. The molecule has 0 aliphatic carbocycles. The first-order valence-electron chi connectivity index (χ1n) is 6.17. The highest BCUT2D eigenvalue weighted by Crippen LogP contribution is 2.29. The van der Waals surface area contributed by atoms with Crippen LogP contribution in [0.4, 0.5) is 5.69 Å². The smallest absolute Gasteiger partial charge is 0.0693 e. The summed E-state index contributed by atoms with van der Waals surface area (Å²) in [5, 5.41) is 1.05. The molecule has 0 aromatic heterocycles. The summed E-state index contributed by atoms with van der Waals surface area (Å²) < 4.78 is 5.49. The quantitative estimate of drug-likeness (QED) is 0.868. The Bertz CT molecular complexity index is 402. The van der Waals surface area contributed by atoms with E-state index in [1.165, 1.54) is 0 Å². The van der Waals surface area contributed by atoms with Gasteiger partial charge in [-0.1, -0.05) is 30.1 Å². The van der Waals surface area contributed by atoms with Crippen molar-refractivity contribution in [3.63, 3.8) is 0 Å². The summed E-state index contributed by atoms with van der Waals surface area (Å²) in [5.74, 6) is 0. The van der Waals surface area contributed by atoms with Crippen LogP contribution in [0, 0.1) is 0 Å². The molecule has 18 heavy (non-hydrogen) atoms. The van der Waals surface area contributed by atoms with E-state index in [-0.39, 0.29) is 0 Å². The van der Waals surface area contributed by atoms with E-state index in [1.807, 2.05) is 12.1 Å². The third kappa shape index (κ3) is 3.09. The molecule has 0 bridgehead atoms. The summed E-state index contributed by atoms with van der Waals surface area (Å²) in [5.41, 5.74) is 7.29. The zero-order valence-electron chi connectivity index (χ0n) is 10.5. The van der Waals surface area contributed by atoms with Gasteiger partial charge in [0.1, 0.15) is 0 Å². The van der Waals surface area contributed by atoms with E-state index in [1.54, 1.807) is 0 Å². The molecule has 1 heterocycles. The molecule has 0 amide bonds. The molecule has 1 atom stereocenters. The lowest BCUT2D eigenvalue weighted by molar-refractivity contribution is -0.0127. The Morgan fingerprint density at radius 2 is 2.06 bits per heavy atom. The zero-order valence-corrected chi connectivity index (χ0v) is 12.0. The Hall–Kier alpha value is -0.480. The Morgan fingerprint density at radius 1 is 1.39 bits per heavy atom. The highest BCUT2D eigenvalue weighted by Gasteiger charge is 2.21. The second-order valence-electron chi connectivity index (χ2n) is 4.58. The molecule has 1 unspecified atom stereocenters. The van der Waals surface area contributed by atoms with Crippen LogP contribution in [0.5, 0.6) is 0 Å². The average Bonchev–Trinajstić information content (AvgIpc) is 2.36. The first-order valence-corrected chi connectivity index (χ1v) is 6.92. The standard InChI is InChI=1S/C13H18Cl2N2O/c1-2-10-8-18-4-3-17(10)7-9-5-11(14)13(16)12(15)6-9/h5-6,10H,2-4,7-8,16H2,1H3. The van der Waals surface area contributed by atoms with Crippen LogP contribution in [0.1, 0.15) is 18.9 Å². The molecule has 1 aromatic rings.